The van der Waals surface area contributed by atoms with Crippen molar-refractivity contribution < 1.29 is 0 Å². The lowest BCUT2D eigenvalue weighted by atomic mass is 10.0. The predicted molar refractivity (Wildman–Crippen MR) is 58.8 cm³/mol. The maximum atomic E-state index is 2.45. The third-order valence-electron chi connectivity index (χ3n) is 2.63. The number of rotatable bonds is 4. The highest BCUT2D eigenvalue weighted by molar-refractivity contribution is 8.32. The fourth-order valence-electron chi connectivity index (χ4n) is 1.02. The van der Waals surface area contributed by atoms with Crippen molar-refractivity contribution in [2.75, 3.05) is 24.0 Å². The Morgan fingerprint density at radius 3 is 1.82 bits per heavy atom. The van der Waals surface area contributed by atoms with Gasteiger partial charge in [-0.05, 0) is 35.9 Å². The van der Waals surface area contributed by atoms with Gasteiger partial charge in [-0.1, -0.05) is 27.7 Å². The van der Waals surface area contributed by atoms with Gasteiger partial charge in [0.25, 0.3) is 0 Å². The van der Waals surface area contributed by atoms with Crippen LogP contribution in [0.2, 0.25) is 0 Å². The summed E-state index contributed by atoms with van der Waals surface area (Å²) in [6.07, 6.45) is 4.90. The first-order valence-corrected chi connectivity index (χ1v) is 7.36. The summed E-state index contributed by atoms with van der Waals surface area (Å²) in [6, 6.07) is 0. The Morgan fingerprint density at radius 2 is 1.55 bits per heavy atom. The molecule has 70 valence electrons. The molecule has 0 aromatic rings. The van der Waals surface area contributed by atoms with Crippen molar-refractivity contribution in [3.8, 4) is 0 Å². The zero-order valence-corrected chi connectivity index (χ0v) is 9.79. The molecule has 1 atom stereocenters. The minimum atomic E-state index is -0.264. The van der Waals surface area contributed by atoms with Gasteiger partial charge >= 0.3 is 0 Å². The normalized spacial score (nSPS) is 17.0. The molecule has 0 aliphatic rings. The summed E-state index contributed by atoms with van der Waals surface area (Å²) >= 11 is 0. The van der Waals surface area contributed by atoms with Crippen LogP contribution in [0.1, 0.15) is 27.7 Å². The Kier molecular flexibility index (Phi) is 4.53. The van der Waals surface area contributed by atoms with Gasteiger partial charge in [-0.25, -0.2) is 10.0 Å². The van der Waals surface area contributed by atoms with Gasteiger partial charge in [0.15, 0.2) is 0 Å². The number of hydrogen-bond donors (Lipinski definition) is 0. The smallest absolute Gasteiger partial charge is 0.0205 e. The minimum Gasteiger partial charge on any atom is -0.247 e. The molecule has 0 radical (unpaired) electrons. The van der Waals surface area contributed by atoms with Crippen LogP contribution in [-0.2, 0) is 0 Å². The van der Waals surface area contributed by atoms with Gasteiger partial charge in [-0.15, -0.1) is 0 Å². The molecule has 1 heteroatoms. The lowest BCUT2D eigenvalue weighted by Crippen LogP contribution is -2.15. The molecule has 0 aromatic carbocycles. The first kappa shape index (κ1) is 11.4. The highest BCUT2D eigenvalue weighted by Gasteiger charge is 2.15. The third kappa shape index (κ3) is 4.73. The average molecular weight is 176 g/mol. The summed E-state index contributed by atoms with van der Waals surface area (Å²) < 4.78 is 0. The van der Waals surface area contributed by atoms with Crippen LogP contribution in [0.15, 0.2) is 0 Å². The summed E-state index contributed by atoms with van der Waals surface area (Å²) in [5.41, 5.74) is 0. The van der Waals surface area contributed by atoms with Crippen molar-refractivity contribution in [1.29, 1.82) is 0 Å². The third-order valence-corrected chi connectivity index (χ3v) is 5.62. The van der Waals surface area contributed by atoms with E-state index in [1.165, 1.54) is 11.5 Å². The fourth-order valence-corrected chi connectivity index (χ4v) is 3.07. The van der Waals surface area contributed by atoms with Crippen molar-refractivity contribution in [3.05, 3.63) is 0 Å². The Balaban J connectivity index is 3.83. The van der Waals surface area contributed by atoms with Gasteiger partial charge in [-0.2, -0.15) is 0 Å². The quantitative estimate of drug-likeness (QED) is 0.616. The SMILES string of the molecule is CCS(C)(C)CC(C)C(C)C. The number of hydrogen-bond acceptors (Lipinski definition) is 0. The summed E-state index contributed by atoms with van der Waals surface area (Å²) in [6.45, 7) is 9.36. The topological polar surface area (TPSA) is 0 Å². The molecular formula is C10H24S. The summed E-state index contributed by atoms with van der Waals surface area (Å²) in [5, 5.41) is 0. The molecule has 0 bridgehead atoms. The summed E-state index contributed by atoms with van der Waals surface area (Å²) in [5.74, 6) is 4.58. The van der Waals surface area contributed by atoms with Crippen molar-refractivity contribution in [1.82, 2.24) is 0 Å². The maximum Gasteiger partial charge on any atom is -0.0205 e. The van der Waals surface area contributed by atoms with Gasteiger partial charge in [-0.3, -0.25) is 0 Å². The van der Waals surface area contributed by atoms with E-state index in [2.05, 4.69) is 40.2 Å². The van der Waals surface area contributed by atoms with E-state index in [0.29, 0.717) is 0 Å². The van der Waals surface area contributed by atoms with Crippen LogP contribution in [0.5, 0.6) is 0 Å². The molecular weight excluding hydrogens is 152 g/mol. The van der Waals surface area contributed by atoms with Gasteiger partial charge in [0.05, 0.1) is 0 Å². The van der Waals surface area contributed by atoms with E-state index in [1.54, 1.807) is 0 Å². The Bertz CT molecular complexity index is 105. The van der Waals surface area contributed by atoms with Crippen molar-refractivity contribution in [3.63, 3.8) is 0 Å². The van der Waals surface area contributed by atoms with Crippen LogP contribution < -0.4 is 0 Å². The second kappa shape index (κ2) is 4.39. The van der Waals surface area contributed by atoms with Crippen LogP contribution in [0.25, 0.3) is 0 Å². The van der Waals surface area contributed by atoms with E-state index in [9.17, 15) is 0 Å². The van der Waals surface area contributed by atoms with Crippen LogP contribution in [-0.4, -0.2) is 24.0 Å². The van der Waals surface area contributed by atoms with Crippen molar-refractivity contribution in [2.45, 2.75) is 27.7 Å². The monoisotopic (exact) mass is 176 g/mol. The standard InChI is InChI=1S/C10H24S/c1-7-11(5,6)8-10(4)9(2)3/h9-10H,7-8H2,1-6H3. The van der Waals surface area contributed by atoms with E-state index in [1.807, 2.05) is 0 Å². The zero-order valence-electron chi connectivity index (χ0n) is 8.98. The van der Waals surface area contributed by atoms with Gasteiger partial charge in [0.2, 0.25) is 0 Å². The molecule has 0 rings (SSSR count). The molecule has 0 saturated heterocycles. The Hall–Kier alpha value is 0.350. The molecule has 0 nitrogen and oxygen atoms in total. The van der Waals surface area contributed by atoms with E-state index < -0.39 is 0 Å². The molecule has 0 heterocycles. The van der Waals surface area contributed by atoms with E-state index >= 15 is 0 Å². The molecule has 0 aromatic heterocycles. The largest absolute Gasteiger partial charge is 0.247 e. The van der Waals surface area contributed by atoms with Crippen LogP contribution in [0.3, 0.4) is 0 Å². The maximum absolute atomic E-state index is 2.45. The van der Waals surface area contributed by atoms with Gasteiger partial charge < -0.3 is 0 Å². The van der Waals surface area contributed by atoms with Crippen LogP contribution in [0, 0.1) is 11.8 Å². The molecule has 0 aliphatic heterocycles. The average Bonchev–Trinajstić information content (AvgIpc) is 1.87. The Labute approximate surface area is 74.1 Å². The molecule has 0 N–H and O–H groups in total. The van der Waals surface area contributed by atoms with Gasteiger partial charge in [0.1, 0.15) is 0 Å². The zero-order chi connectivity index (χ0) is 9.07. The molecule has 0 aliphatic carbocycles. The first-order valence-electron chi connectivity index (χ1n) is 4.57. The minimum absolute atomic E-state index is 0.264. The predicted octanol–water partition coefficient (Wildman–Crippen LogP) is 3.36. The van der Waals surface area contributed by atoms with Crippen molar-refractivity contribution >= 4 is 10.0 Å². The molecule has 1 unspecified atom stereocenters. The lowest BCUT2D eigenvalue weighted by Gasteiger charge is -2.34. The highest BCUT2D eigenvalue weighted by Crippen LogP contribution is 2.42. The highest BCUT2D eigenvalue weighted by atomic mass is 32.3. The fraction of sp³-hybridized carbons (Fsp3) is 1.00. The summed E-state index contributed by atoms with van der Waals surface area (Å²) in [4.78, 5) is 0. The van der Waals surface area contributed by atoms with E-state index in [4.69, 9.17) is 0 Å². The van der Waals surface area contributed by atoms with E-state index in [-0.39, 0.29) is 10.0 Å². The molecule has 0 amide bonds. The van der Waals surface area contributed by atoms with Crippen LogP contribution >= 0.6 is 10.0 Å². The van der Waals surface area contributed by atoms with E-state index in [0.717, 1.165) is 11.8 Å². The molecule has 0 saturated carbocycles. The molecule has 0 fully saturated rings. The summed E-state index contributed by atoms with van der Waals surface area (Å²) in [7, 11) is -0.264. The second-order valence-electron chi connectivity index (χ2n) is 4.44. The second-order valence-corrected chi connectivity index (χ2v) is 8.89. The molecule has 0 spiro atoms. The van der Waals surface area contributed by atoms with Crippen molar-refractivity contribution in [2.24, 2.45) is 11.8 Å². The lowest BCUT2D eigenvalue weighted by molar-refractivity contribution is 0.463. The molecule has 11 heavy (non-hydrogen) atoms. The first-order chi connectivity index (χ1) is 4.89. The van der Waals surface area contributed by atoms with Gasteiger partial charge in [0, 0.05) is 0 Å². The van der Waals surface area contributed by atoms with Crippen LogP contribution in [0.4, 0.5) is 0 Å². The Morgan fingerprint density at radius 1 is 1.09 bits per heavy atom.